The van der Waals surface area contributed by atoms with Gasteiger partial charge >= 0.3 is 0 Å². The number of methoxy groups -OCH3 is 2. The van der Waals surface area contributed by atoms with Crippen molar-refractivity contribution in [2.45, 2.75) is 19.3 Å². The van der Waals surface area contributed by atoms with E-state index in [1.165, 1.54) is 20.3 Å². The Hall–Kier alpha value is -3.28. The van der Waals surface area contributed by atoms with E-state index < -0.39 is 0 Å². The zero-order valence-electron chi connectivity index (χ0n) is 16.8. The van der Waals surface area contributed by atoms with E-state index in [0.717, 1.165) is 24.8 Å². The van der Waals surface area contributed by atoms with Crippen LogP contribution in [0.5, 0.6) is 11.5 Å². The van der Waals surface area contributed by atoms with Crippen LogP contribution in [0.3, 0.4) is 0 Å². The molecule has 0 unspecified atom stereocenters. The van der Waals surface area contributed by atoms with E-state index in [1.807, 2.05) is 35.2 Å². The third-order valence-electron chi connectivity index (χ3n) is 4.88. The lowest BCUT2D eigenvalue weighted by Gasteiger charge is -2.28. The van der Waals surface area contributed by atoms with Gasteiger partial charge in [0.25, 0.3) is 5.91 Å². The van der Waals surface area contributed by atoms with Gasteiger partial charge in [0.2, 0.25) is 5.91 Å². The number of piperidine rings is 1. The molecule has 3 rings (SSSR count). The molecule has 0 aromatic heterocycles. The van der Waals surface area contributed by atoms with Gasteiger partial charge in [0, 0.05) is 25.2 Å². The summed E-state index contributed by atoms with van der Waals surface area (Å²) in [6.45, 7) is 1.43. The SMILES string of the molecule is COc1cc(NC(=O)/C=C/c2ccccc2)c(C(=O)N2CCCCC2)cc1OC. The van der Waals surface area contributed by atoms with E-state index in [4.69, 9.17) is 9.47 Å². The lowest BCUT2D eigenvalue weighted by atomic mass is 10.1. The van der Waals surface area contributed by atoms with Crippen molar-refractivity contribution < 1.29 is 19.1 Å². The summed E-state index contributed by atoms with van der Waals surface area (Å²) in [5.74, 6) is 0.456. The molecule has 0 spiro atoms. The Balaban J connectivity index is 1.87. The second kappa shape index (κ2) is 9.78. The predicted molar refractivity (Wildman–Crippen MR) is 113 cm³/mol. The Morgan fingerprint density at radius 2 is 1.62 bits per heavy atom. The molecule has 0 radical (unpaired) electrons. The van der Waals surface area contributed by atoms with Crippen molar-refractivity contribution in [3.8, 4) is 11.5 Å². The zero-order valence-corrected chi connectivity index (χ0v) is 16.8. The number of hydrogen-bond acceptors (Lipinski definition) is 4. The van der Waals surface area contributed by atoms with Gasteiger partial charge in [-0.05, 0) is 37.0 Å². The average molecular weight is 394 g/mol. The van der Waals surface area contributed by atoms with Crippen LogP contribution in [0.2, 0.25) is 0 Å². The van der Waals surface area contributed by atoms with E-state index in [1.54, 1.807) is 18.2 Å². The van der Waals surface area contributed by atoms with Crippen molar-refractivity contribution in [3.63, 3.8) is 0 Å². The first-order valence-electron chi connectivity index (χ1n) is 9.72. The van der Waals surface area contributed by atoms with Crippen molar-refractivity contribution in [1.82, 2.24) is 4.90 Å². The minimum atomic E-state index is -0.325. The molecule has 0 atom stereocenters. The normalized spacial score (nSPS) is 13.9. The predicted octanol–water partition coefficient (Wildman–Crippen LogP) is 3.98. The minimum absolute atomic E-state index is 0.118. The van der Waals surface area contributed by atoms with Crippen LogP contribution >= 0.6 is 0 Å². The number of likely N-dealkylation sites (tertiary alicyclic amines) is 1. The van der Waals surface area contributed by atoms with Crippen molar-refractivity contribution in [1.29, 1.82) is 0 Å². The maximum absolute atomic E-state index is 13.1. The molecule has 0 saturated carbocycles. The largest absolute Gasteiger partial charge is 0.493 e. The molecule has 1 fully saturated rings. The first-order valence-corrected chi connectivity index (χ1v) is 9.72. The van der Waals surface area contributed by atoms with Gasteiger partial charge in [-0.15, -0.1) is 0 Å². The van der Waals surface area contributed by atoms with Gasteiger partial charge in [-0.3, -0.25) is 9.59 Å². The molecule has 1 aliphatic heterocycles. The Morgan fingerprint density at radius 3 is 2.28 bits per heavy atom. The number of nitrogens with zero attached hydrogens (tertiary/aromatic N) is 1. The van der Waals surface area contributed by atoms with Crippen LogP contribution in [0.15, 0.2) is 48.5 Å². The first kappa shape index (κ1) is 20.5. The number of amides is 2. The summed E-state index contributed by atoms with van der Waals surface area (Å²) in [4.78, 5) is 27.4. The van der Waals surface area contributed by atoms with Crippen LogP contribution < -0.4 is 14.8 Å². The molecular weight excluding hydrogens is 368 g/mol. The van der Waals surface area contributed by atoms with Crippen molar-refractivity contribution in [3.05, 3.63) is 59.7 Å². The third-order valence-corrected chi connectivity index (χ3v) is 4.88. The summed E-state index contributed by atoms with van der Waals surface area (Å²) in [6, 6.07) is 12.8. The molecule has 1 aliphatic rings. The highest BCUT2D eigenvalue weighted by Gasteiger charge is 2.23. The van der Waals surface area contributed by atoms with E-state index in [-0.39, 0.29) is 11.8 Å². The molecule has 152 valence electrons. The zero-order chi connectivity index (χ0) is 20.6. The maximum atomic E-state index is 13.1. The van der Waals surface area contributed by atoms with Gasteiger partial charge in [0.15, 0.2) is 11.5 Å². The van der Waals surface area contributed by atoms with Gasteiger partial charge in [-0.2, -0.15) is 0 Å². The smallest absolute Gasteiger partial charge is 0.256 e. The number of rotatable bonds is 6. The van der Waals surface area contributed by atoms with Crippen LogP contribution in [0.1, 0.15) is 35.2 Å². The number of ether oxygens (including phenoxy) is 2. The summed E-state index contributed by atoms with van der Waals surface area (Å²) in [7, 11) is 3.04. The van der Waals surface area contributed by atoms with Gasteiger partial charge in [0.05, 0.1) is 25.5 Å². The minimum Gasteiger partial charge on any atom is -0.493 e. The Bertz CT molecular complexity index is 887. The molecule has 1 saturated heterocycles. The fraction of sp³-hybridized carbons (Fsp3) is 0.304. The van der Waals surface area contributed by atoms with Crippen molar-refractivity contribution >= 4 is 23.6 Å². The quantitative estimate of drug-likeness (QED) is 0.753. The number of carbonyl (C=O) groups is 2. The van der Waals surface area contributed by atoms with Crippen molar-refractivity contribution in [2.75, 3.05) is 32.6 Å². The topological polar surface area (TPSA) is 67.9 Å². The van der Waals surface area contributed by atoms with Crippen LogP contribution in [-0.4, -0.2) is 44.0 Å². The summed E-state index contributed by atoms with van der Waals surface area (Å²) in [5, 5.41) is 2.82. The first-order chi connectivity index (χ1) is 14.1. The van der Waals surface area contributed by atoms with E-state index in [2.05, 4.69) is 5.32 Å². The molecule has 0 aliphatic carbocycles. The summed E-state index contributed by atoms with van der Waals surface area (Å²) >= 11 is 0. The second-order valence-corrected chi connectivity index (χ2v) is 6.84. The molecule has 2 aromatic rings. The third kappa shape index (κ3) is 5.16. The standard InChI is InChI=1S/C23H26N2O4/c1-28-20-15-18(23(27)25-13-7-4-8-14-25)19(16-21(20)29-2)24-22(26)12-11-17-9-5-3-6-10-17/h3,5-6,9-12,15-16H,4,7-8,13-14H2,1-2H3,(H,24,26)/b12-11+. The van der Waals surface area contributed by atoms with Crippen LogP contribution in [0.4, 0.5) is 5.69 Å². The highest BCUT2D eigenvalue weighted by atomic mass is 16.5. The number of carbonyl (C=O) groups excluding carboxylic acids is 2. The lowest BCUT2D eigenvalue weighted by molar-refractivity contribution is -0.111. The number of anilines is 1. The van der Waals surface area contributed by atoms with Crippen molar-refractivity contribution in [2.24, 2.45) is 0 Å². The van der Waals surface area contributed by atoms with E-state index in [9.17, 15) is 9.59 Å². The number of benzene rings is 2. The molecular formula is C23H26N2O4. The molecule has 2 amide bonds. The Morgan fingerprint density at radius 1 is 0.966 bits per heavy atom. The lowest BCUT2D eigenvalue weighted by Crippen LogP contribution is -2.36. The highest BCUT2D eigenvalue weighted by molar-refractivity contribution is 6.08. The van der Waals surface area contributed by atoms with Gasteiger partial charge in [0.1, 0.15) is 0 Å². The molecule has 2 aromatic carbocycles. The van der Waals surface area contributed by atoms with Gasteiger partial charge in [-0.1, -0.05) is 30.3 Å². The highest BCUT2D eigenvalue weighted by Crippen LogP contribution is 2.34. The monoisotopic (exact) mass is 394 g/mol. The fourth-order valence-corrected chi connectivity index (χ4v) is 3.34. The van der Waals surface area contributed by atoms with Crippen LogP contribution in [0, 0.1) is 0 Å². The molecule has 1 N–H and O–H groups in total. The summed E-state index contributed by atoms with van der Waals surface area (Å²) in [6.07, 6.45) is 6.27. The van der Waals surface area contributed by atoms with Gasteiger partial charge < -0.3 is 19.7 Å². The van der Waals surface area contributed by atoms with E-state index >= 15 is 0 Å². The molecule has 6 heteroatoms. The van der Waals surface area contributed by atoms with Gasteiger partial charge in [-0.25, -0.2) is 0 Å². The molecule has 0 bridgehead atoms. The Kier molecular flexibility index (Phi) is 6.89. The maximum Gasteiger partial charge on any atom is 0.256 e. The Labute approximate surface area is 171 Å². The summed E-state index contributed by atoms with van der Waals surface area (Å²) < 4.78 is 10.7. The van der Waals surface area contributed by atoms with E-state index in [0.29, 0.717) is 35.8 Å². The average Bonchev–Trinajstić information content (AvgIpc) is 2.78. The molecule has 6 nitrogen and oxygen atoms in total. The second-order valence-electron chi connectivity index (χ2n) is 6.84. The molecule has 29 heavy (non-hydrogen) atoms. The number of hydrogen-bond donors (Lipinski definition) is 1. The summed E-state index contributed by atoms with van der Waals surface area (Å²) in [5.41, 5.74) is 1.71. The van der Waals surface area contributed by atoms with Crippen LogP contribution in [-0.2, 0) is 4.79 Å². The molecule has 1 heterocycles. The fourth-order valence-electron chi connectivity index (χ4n) is 3.34. The number of nitrogens with one attached hydrogen (secondary N) is 1. The van der Waals surface area contributed by atoms with Crippen LogP contribution in [0.25, 0.3) is 6.08 Å².